The quantitative estimate of drug-likeness (QED) is 0.476. The van der Waals surface area contributed by atoms with Crippen LogP contribution in [0, 0.1) is 10.1 Å². The molecular formula is C19H21N5O4. The summed E-state index contributed by atoms with van der Waals surface area (Å²) < 4.78 is 8.22. The third kappa shape index (κ3) is 4.37. The number of methoxy groups -OCH3 is 1. The van der Waals surface area contributed by atoms with Crippen LogP contribution in [0.15, 0.2) is 55.0 Å². The maximum absolute atomic E-state index is 12.2. The van der Waals surface area contributed by atoms with Crippen LogP contribution in [0.3, 0.4) is 0 Å². The van der Waals surface area contributed by atoms with Gasteiger partial charge in [0.2, 0.25) is 5.91 Å². The summed E-state index contributed by atoms with van der Waals surface area (Å²) in [6, 6.07) is 11.7. The molecular weight excluding hydrogens is 362 g/mol. The molecule has 1 unspecified atom stereocenters. The second-order valence-electron chi connectivity index (χ2n) is 6.26. The lowest BCUT2D eigenvalue weighted by atomic mass is 10.1. The molecule has 0 bridgehead atoms. The second kappa shape index (κ2) is 8.38. The Morgan fingerprint density at radius 2 is 1.96 bits per heavy atom. The lowest BCUT2D eigenvalue weighted by Gasteiger charge is -2.15. The van der Waals surface area contributed by atoms with Crippen molar-refractivity contribution in [2.24, 2.45) is 0 Å². The van der Waals surface area contributed by atoms with Crippen molar-refractivity contribution in [2.45, 2.75) is 25.9 Å². The molecule has 0 aliphatic rings. The first-order chi connectivity index (χ1) is 13.5. The molecule has 0 fully saturated rings. The number of nitrogens with one attached hydrogen (secondary N) is 1. The van der Waals surface area contributed by atoms with Crippen molar-refractivity contribution in [3.8, 4) is 11.6 Å². The van der Waals surface area contributed by atoms with Crippen LogP contribution >= 0.6 is 0 Å². The van der Waals surface area contributed by atoms with Gasteiger partial charge in [-0.3, -0.25) is 19.6 Å². The van der Waals surface area contributed by atoms with Crippen LogP contribution in [0.5, 0.6) is 5.88 Å². The van der Waals surface area contributed by atoms with Gasteiger partial charge in [-0.1, -0.05) is 12.1 Å². The molecule has 3 aromatic rings. The number of aryl methyl sites for hydroxylation is 1. The minimum Gasteiger partial charge on any atom is -0.475 e. The first kappa shape index (κ1) is 19.2. The average molecular weight is 383 g/mol. The summed E-state index contributed by atoms with van der Waals surface area (Å²) in [6.07, 6.45) is 5.34. The summed E-state index contributed by atoms with van der Waals surface area (Å²) in [5, 5.41) is 17.8. The van der Waals surface area contributed by atoms with Gasteiger partial charge in [0.05, 0.1) is 24.6 Å². The third-order valence-corrected chi connectivity index (χ3v) is 4.34. The Hall–Kier alpha value is -3.62. The maximum Gasteiger partial charge on any atom is 0.350 e. The lowest BCUT2D eigenvalue weighted by molar-refractivity contribution is -0.385. The van der Waals surface area contributed by atoms with Gasteiger partial charge in [0.25, 0.3) is 0 Å². The molecule has 28 heavy (non-hydrogen) atoms. The number of carbonyl (C=O) groups excluding carboxylic acids is 1. The monoisotopic (exact) mass is 383 g/mol. The van der Waals surface area contributed by atoms with Gasteiger partial charge in [0.1, 0.15) is 6.20 Å². The van der Waals surface area contributed by atoms with Crippen molar-refractivity contribution < 1.29 is 14.5 Å². The number of benzene rings is 1. The van der Waals surface area contributed by atoms with Crippen LogP contribution in [0.2, 0.25) is 0 Å². The van der Waals surface area contributed by atoms with Crippen molar-refractivity contribution in [3.63, 3.8) is 0 Å². The summed E-state index contributed by atoms with van der Waals surface area (Å²) in [7, 11) is 1.32. The standard InChI is InChI=1S/C19H21N5O4/c1-14(15-5-7-16(8-6-15)22-10-3-4-11-22)20-18(25)9-12-23-13-17(24(26)27)19(21-23)28-2/h3-8,10-11,13-14H,9,12H2,1-2H3,(H,20,25). The smallest absolute Gasteiger partial charge is 0.350 e. The van der Waals surface area contributed by atoms with Gasteiger partial charge in [0, 0.05) is 24.5 Å². The average Bonchev–Trinajstić information content (AvgIpc) is 3.36. The highest BCUT2D eigenvalue weighted by Crippen LogP contribution is 2.24. The number of nitrogens with zero attached hydrogens (tertiary/aromatic N) is 4. The molecule has 1 amide bonds. The molecule has 0 radical (unpaired) electrons. The highest BCUT2D eigenvalue weighted by molar-refractivity contribution is 5.76. The molecule has 1 aromatic carbocycles. The molecule has 146 valence electrons. The van der Waals surface area contributed by atoms with Crippen LogP contribution in [0.1, 0.15) is 24.9 Å². The molecule has 2 aromatic heterocycles. The molecule has 0 aliphatic carbocycles. The third-order valence-electron chi connectivity index (χ3n) is 4.34. The Kier molecular flexibility index (Phi) is 5.73. The summed E-state index contributed by atoms with van der Waals surface area (Å²) in [5.41, 5.74) is 1.81. The molecule has 0 spiro atoms. The van der Waals surface area contributed by atoms with Crippen molar-refractivity contribution in [1.82, 2.24) is 19.7 Å². The molecule has 0 aliphatic heterocycles. The number of hydrogen-bond donors (Lipinski definition) is 1. The molecule has 0 saturated carbocycles. The van der Waals surface area contributed by atoms with Crippen LogP contribution < -0.4 is 10.1 Å². The Labute approximate surface area is 161 Å². The van der Waals surface area contributed by atoms with E-state index in [0.717, 1.165) is 11.3 Å². The minimum atomic E-state index is -0.568. The fourth-order valence-corrected chi connectivity index (χ4v) is 2.83. The van der Waals surface area contributed by atoms with Gasteiger partial charge in [-0.2, -0.15) is 0 Å². The van der Waals surface area contributed by atoms with Crippen molar-refractivity contribution >= 4 is 11.6 Å². The number of nitro groups is 1. The molecule has 3 rings (SSSR count). The second-order valence-corrected chi connectivity index (χ2v) is 6.26. The van der Waals surface area contributed by atoms with E-state index in [0.29, 0.717) is 0 Å². The van der Waals surface area contributed by atoms with Crippen LogP contribution in [-0.2, 0) is 11.3 Å². The van der Waals surface area contributed by atoms with E-state index in [2.05, 4.69) is 10.4 Å². The number of amides is 1. The first-order valence-corrected chi connectivity index (χ1v) is 8.76. The lowest BCUT2D eigenvalue weighted by Crippen LogP contribution is -2.27. The van der Waals surface area contributed by atoms with E-state index in [1.54, 1.807) is 0 Å². The van der Waals surface area contributed by atoms with Gasteiger partial charge in [-0.25, -0.2) is 0 Å². The van der Waals surface area contributed by atoms with Gasteiger partial charge < -0.3 is 14.6 Å². The predicted molar refractivity (Wildman–Crippen MR) is 102 cm³/mol. The highest BCUT2D eigenvalue weighted by Gasteiger charge is 2.20. The zero-order chi connectivity index (χ0) is 20.1. The van der Waals surface area contributed by atoms with E-state index in [4.69, 9.17) is 4.74 Å². The van der Waals surface area contributed by atoms with E-state index < -0.39 is 4.92 Å². The topological polar surface area (TPSA) is 104 Å². The van der Waals surface area contributed by atoms with Gasteiger partial charge in [0.15, 0.2) is 0 Å². The SMILES string of the molecule is COc1nn(CCC(=O)NC(C)c2ccc(-n3cccc3)cc2)cc1[N+](=O)[O-]. The Morgan fingerprint density at radius 3 is 2.54 bits per heavy atom. The van der Waals surface area contributed by atoms with Gasteiger partial charge in [-0.15, -0.1) is 5.10 Å². The van der Waals surface area contributed by atoms with E-state index >= 15 is 0 Å². The maximum atomic E-state index is 12.2. The summed E-state index contributed by atoms with van der Waals surface area (Å²) in [6.45, 7) is 2.12. The van der Waals surface area contributed by atoms with Crippen molar-refractivity contribution in [1.29, 1.82) is 0 Å². The number of hydrogen-bond acceptors (Lipinski definition) is 5. The fourth-order valence-electron chi connectivity index (χ4n) is 2.83. The number of rotatable bonds is 8. The fraction of sp³-hybridized carbons (Fsp3) is 0.263. The minimum absolute atomic E-state index is 0.0680. The van der Waals surface area contributed by atoms with E-state index in [1.165, 1.54) is 18.0 Å². The number of ether oxygens (including phenoxy) is 1. The number of carbonyl (C=O) groups is 1. The normalized spacial score (nSPS) is 11.8. The Balaban J connectivity index is 1.55. The summed E-state index contributed by atoms with van der Waals surface area (Å²) >= 11 is 0. The van der Waals surface area contributed by atoms with Crippen LogP contribution in [0.4, 0.5) is 5.69 Å². The highest BCUT2D eigenvalue weighted by atomic mass is 16.6. The molecule has 0 saturated heterocycles. The predicted octanol–water partition coefficient (Wildman–Crippen LogP) is 2.86. The Bertz CT molecular complexity index is 947. The zero-order valence-electron chi connectivity index (χ0n) is 15.6. The van der Waals surface area contributed by atoms with E-state index in [9.17, 15) is 14.9 Å². The van der Waals surface area contributed by atoms with Crippen molar-refractivity contribution in [3.05, 3.63) is 70.7 Å². The largest absolute Gasteiger partial charge is 0.475 e. The number of aromatic nitrogens is 3. The Morgan fingerprint density at radius 1 is 1.29 bits per heavy atom. The van der Waals surface area contributed by atoms with Crippen LogP contribution in [0.25, 0.3) is 5.69 Å². The van der Waals surface area contributed by atoms with E-state index in [-0.39, 0.29) is 36.5 Å². The molecule has 9 heteroatoms. The van der Waals surface area contributed by atoms with E-state index in [1.807, 2.05) is 60.3 Å². The molecule has 1 N–H and O–H groups in total. The van der Waals surface area contributed by atoms with Crippen molar-refractivity contribution in [2.75, 3.05) is 7.11 Å². The molecule has 2 heterocycles. The zero-order valence-corrected chi connectivity index (χ0v) is 15.6. The summed E-state index contributed by atoms with van der Waals surface area (Å²) in [5.74, 6) is -0.235. The molecule has 1 atom stereocenters. The van der Waals surface area contributed by atoms with Crippen LogP contribution in [-0.4, -0.2) is 32.3 Å². The van der Waals surface area contributed by atoms with Gasteiger partial charge in [-0.05, 0) is 36.8 Å². The first-order valence-electron chi connectivity index (χ1n) is 8.76. The van der Waals surface area contributed by atoms with Gasteiger partial charge >= 0.3 is 11.6 Å². The molecule has 9 nitrogen and oxygen atoms in total. The summed E-state index contributed by atoms with van der Waals surface area (Å²) in [4.78, 5) is 22.6.